The molecule has 0 heterocycles. The summed E-state index contributed by atoms with van der Waals surface area (Å²) in [6.07, 6.45) is 0. The van der Waals surface area contributed by atoms with Gasteiger partial charge >= 0.3 is 0 Å². The van der Waals surface area contributed by atoms with Crippen LogP contribution in [0.1, 0.15) is 20.8 Å². The van der Waals surface area contributed by atoms with Crippen molar-refractivity contribution in [1.82, 2.24) is 4.57 Å². The quantitative estimate of drug-likeness (QED) is 0.582. The van der Waals surface area contributed by atoms with E-state index in [1.54, 1.807) is 7.11 Å². The average molecular weight is 187 g/mol. The molecule has 3 heteroatoms. The Kier molecular flexibility index (Phi) is 6.33. The lowest BCUT2D eigenvalue weighted by Crippen LogP contribution is -2.46. The zero-order valence-electron chi connectivity index (χ0n) is 8.71. The van der Waals surface area contributed by atoms with Gasteiger partial charge in [0.05, 0.1) is 5.73 Å². The first kappa shape index (κ1) is 11.9. The highest BCUT2D eigenvalue weighted by Gasteiger charge is 2.20. The number of hydrogen-bond donors (Lipinski definition) is 0. The zero-order chi connectivity index (χ0) is 9.56. The molecular formula is C9H21NOSi. The fraction of sp³-hybridized carbons (Fsp3) is 0.778. The van der Waals surface area contributed by atoms with Gasteiger partial charge in [-0.1, -0.05) is 19.5 Å². The maximum Gasteiger partial charge on any atom is 0.166 e. The van der Waals surface area contributed by atoms with Crippen molar-refractivity contribution in [2.24, 2.45) is 0 Å². The van der Waals surface area contributed by atoms with Gasteiger partial charge in [-0.2, -0.15) is 0 Å². The van der Waals surface area contributed by atoms with Crippen LogP contribution < -0.4 is 0 Å². The molecule has 0 amide bonds. The number of nitrogens with zero attached hydrogens (tertiary/aromatic N) is 1. The molecule has 72 valence electrons. The average Bonchev–Trinajstić information content (AvgIpc) is 2.12. The molecule has 0 rings (SSSR count). The molecule has 0 radical (unpaired) electrons. The molecule has 12 heavy (non-hydrogen) atoms. The molecule has 0 aromatic rings. The van der Waals surface area contributed by atoms with Gasteiger partial charge in [-0.05, 0) is 20.0 Å². The molecule has 0 aliphatic heterocycles. The lowest BCUT2D eigenvalue weighted by molar-refractivity contribution is 0.167. The predicted octanol–water partition coefficient (Wildman–Crippen LogP) is 1.35. The summed E-state index contributed by atoms with van der Waals surface area (Å²) in [6, 6.07) is 0. The third kappa shape index (κ3) is 3.09. The minimum Gasteiger partial charge on any atom is -0.383 e. The van der Waals surface area contributed by atoms with Gasteiger partial charge < -0.3 is 9.30 Å². The SMILES string of the molecule is C=C[SiH](C(C)OC)N(CC)CC. The molecule has 0 aliphatic carbocycles. The third-order valence-electron chi connectivity index (χ3n) is 2.33. The van der Waals surface area contributed by atoms with Crippen molar-refractivity contribution in [1.29, 1.82) is 0 Å². The van der Waals surface area contributed by atoms with Crippen molar-refractivity contribution >= 4 is 8.96 Å². The van der Waals surface area contributed by atoms with Crippen LogP contribution in [-0.4, -0.2) is 39.5 Å². The van der Waals surface area contributed by atoms with Gasteiger partial charge in [0.1, 0.15) is 0 Å². The van der Waals surface area contributed by atoms with E-state index < -0.39 is 8.96 Å². The van der Waals surface area contributed by atoms with Crippen LogP contribution in [0.2, 0.25) is 0 Å². The molecule has 2 unspecified atom stereocenters. The summed E-state index contributed by atoms with van der Waals surface area (Å²) in [5.41, 5.74) is 2.46. The van der Waals surface area contributed by atoms with E-state index >= 15 is 0 Å². The first-order valence-electron chi connectivity index (χ1n) is 4.60. The fourth-order valence-corrected chi connectivity index (χ4v) is 3.82. The highest BCUT2D eigenvalue weighted by atomic mass is 28.3. The highest BCUT2D eigenvalue weighted by Crippen LogP contribution is 2.03. The van der Waals surface area contributed by atoms with E-state index in [0.29, 0.717) is 5.73 Å². The lowest BCUT2D eigenvalue weighted by Gasteiger charge is -2.29. The Labute approximate surface area is 77.9 Å². The largest absolute Gasteiger partial charge is 0.383 e. The topological polar surface area (TPSA) is 12.5 Å². The first-order chi connectivity index (χ1) is 5.71. The normalized spacial score (nSPS) is 16.1. The van der Waals surface area contributed by atoms with E-state index in [1.807, 2.05) is 0 Å². The Balaban J connectivity index is 4.19. The Hall–Kier alpha value is -0.123. The maximum absolute atomic E-state index is 5.34. The van der Waals surface area contributed by atoms with Gasteiger partial charge in [-0.25, -0.2) is 0 Å². The third-order valence-corrected chi connectivity index (χ3v) is 5.62. The van der Waals surface area contributed by atoms with E-state index in [4.69, 9.17) is 4.74 Å². The molecule has 0 spiro atoms. The second kappa shape index (κ2) is 6.40. The number of methoxy groups -OCH3 is 1. The van der Waals surface area contributed by atoms with E-state index in [9.17, 15) is 0 Å². The fourth-order valence-electron chi connectivity index (χ4n) is 1.42. The standard InChI is InChI=1S/C9H21NOSi/c1-6-10(7-2)12(8-3)9(4)11-5/h8-9,12H,3,6-7H2,1-2,4-5H3. The van der Waals surface area contributed by atoms with Gasteiger partial charge in [-0.15, -0.1) is 6.58 Å². The van der Waals surface area contributed by atoms with Gasteiger partial charge in [0.25, 0.3) is 0 Å². The molecule has 0 aliphatic rings. The van der Waals surface area contributed by atoms with E-state index in [-0.39, 0.29) is 0 Å². The van der Waals surface area contributed by atoms with E-state index in [0.717, 1.165) is 13.1 Å². The number of ether oxygens (including phenoxy) is 1. The van der Waals surface area contributed by atoms with Crippen molar-refractivity contribution in [2.75, 3.05) is 20.2 Å². The van der Waals surface area contributed by atoms with Crippen molar-refractivity contribution in [3.05, 3.63) is 12.3 Å². The summed E-state index contributed by atoms with van der Waals surface area (Å²) in [5, 5.41) is 0. The van der Waals surface area contributed by atoms with Crippen LogP contribution in [0.25, 0.3) is 0 Å². The van der Waals surface area contributed by atoms with Crippen LogP contribution in [0.4, 0.5) is 0 Å². The van der Waals surface area contributed by atoms with Crippen LogP contribution in [0.3, 0.4) is 0 Å². The Morgan fingerprint density at radius 1 is 1.50 bits per heavy atom. The van der Waals surface area contributed by atoms with Crippen molar-refractivity contribution < 1.29 is 4.74 Å². The highest BCUT2D eigenvalue weighted by molar-refractivity contribution is 6.62. The summed E-state index contributed by atoms with van der Waals surface area (Å²) in [6.45, 7) is 12.6. The zero-order valence-corrected chi connectivity index (χ0v) is 9.86. The van der Waals surface area contributed by atoms with Crippen LogP contribution in [-0.2, 0) is 4.74 Å². The molecule has 0 saturated carbocycles. The Morgan fingerprint density at radius 2 is 2.00 bits per heavy atom. The molecular weight excluding hydrogens is 166 g/mol. The van der Waals surface area contributed by atoms with Crippen molar-refractivity contribution in [3.63, 3.8) is 0 Å². The minimum atomic E-state index is -1.05. The summed E-state index contributed by atoms with van der Waals surface area (Å²) >= 11 is 0. The van der Waals surface area contributed by atoms with E-state index in [2.05, 4.69) is 37.6 Å². The van der Waals surface area contributed by atoms with Crippen LogP contribution in [0.15, 0.2) is 12.3 Å². The van der Waals surface area contributed by atoms with Crippen molar-refractivity contribution in [2.45, 2.75) is 26.5 Å². The molecule has 0 bridgehead atoms. The summed E-state index contributed by atoms with van der Waals surface area (Å²) < 4.78 is 7.81. The summed E-state index contributed by atoms with van der Waals surface area (Å²) in [7, 11) is 0.728. The van der Waals surface area contributed by atoms with Gasteiger partial charge in [0.2, 0.25) is 0 Å². The molecule has 0 aromatic heterocycles. The van der Waals surface area contributed by atoms with E-state index in [1.165, 1.54) is 0 Å². The molecule has 0 saturated heterocycles. The van der Waals surface area contributed by atoms with Crippen LogP contribution >= 0.6 is 0 Å². The minimum absolute atomic E-state index is 0.363. The van der Waals surface area contributed by atoms with Crippen LogP contribution in [0, 0.1) is 0 Å². The van der Waals surface area contributed by atoms with Gasteiger partial charge in [-0.3, -0.25) is 0 Å². The van der Waals surface area contributed by atoms with Crippen molar-refractivity contribution in [3.8, 4) is 0 Å². The van der Waals surface area contributed by atoms with Crippen LogP contribution in [0.5, 0.6) is 0 Å². The van der Waals surface area contributed by atoms with Gasteiger partial charge in [0.15, 0.2) is 8.96 Å². The molecule has 2 nitrogen and oxygen atoms in total. The second-order valence-electron chi connectivity index (χ2n) is 2.89. The monoisotopic (exact) mass is 187 g/mol. The summed E-state index contributed by atoms with van der Waals surface area (Å²) in [5.74, 6) is 0. The maximum atomic E-state index is 5.34. The van der Waals surface area contributed by atoms with Gasteiger partial charge in [0, 0.05) is 7.11 Å². The first-order valence-corrected chi connectivity index (χ1v) is 6.45. The number of hydrogen-bond acceptors (Lipinski definition) is 2. The Morgan fingerprint density at radius 3 is 2.25 bits per heavy atom. The molecule has 2 atom stereocenters. The second-order valence-corrected chi connectivity index (χ2v) is 6.01. The predicted molar refractivity (Wildman–Crippen MR) is 56.7 cm³/mol. The summed E-state index contributed by atoms with van der Waals surface area (Å²) in [4.78, 5) is 0. The smallest absolute Gasteiger partial charge is 0.166 e. The lowest BCUT2D eigenvalue weighted by atomic mass is 10.7. The number of rotatable bonds is 6. The molecule has 0 fully saturated rings. The molecule has 0 aromatic carbocycles. The molecule has 0 N–H and O–H groups in total. The Bertz CT molecular complexity index is 126.